The standard InChI is InChI=1S/C21H22N2O3/c1-21(2,3)26-20(24)23-17-12-16-10-7-11-22-19(16)18(13-17)25-14-15-8-5-4-6-9-15/h4-13H,14H2,1-3H3,(H,23,24). The van der Waals surface area contributed by atoms with Gasteiger partial charge >= 0.3 is 6.09 Å². The van der Waals surface area contributed by atoms with Crippen molar-refractivity contribution < 1.29 is 14.3 Å². The summed E-state index contributed by atoms with van der Waals surface area (Å²) in [5.41, 5.74) is 1.85. The van der Waals surface area contributed by atoms with E-state index in [1.807, 2.05) is 69.3 Å². The molecule has 1 N–H and O–H groups in total. The van der Waals surface area contributed by atoms with E-state index in [4.69, 9.17) is 9.47 Å². The topological polar surface area (TPSA) is 60.5 Å². The quantitative estimate of drug-likeness (QED) is 0.706. The van der Waals surface area contributed by atoms with Crippen LogP contribution in [-0.4, -0.2) is 16.7 Å². The lowest BCUT2D eigenvalue weighted by atomic mass is 10.1. The van der Waals surface area contributed by atoms with Gasteiger partial charge in [0.15, 0.2) is 0 Å². The van der Waals surface area contributed by atoms with Crippen molar-refractivity contribution in [2.75, 3.05) is 5.32 Å². The molecule has 0 unspecified atom stereocenters. The molecule has 0 fully saturated rings. The number of carbonyl (C=O) groups is 1. The number of hydrogen-bond donors (Lipinski definition) is 1. The van der Waals surface area contributed by atoms with E-state index in [1.54, 1.807) is 12.3 Å². The van der Waals surface area contributed by atoms with Gasteiger partial charge in [-0.25, -0.2) is 4.79 Å². The van der Waals surface area contributed by atoms with Crippen LogP contribution >= 0.6 is 0 Å². The minimum absolute atomic E-state index is 0.419. The van der Waals surface area contributed by atoms with Crippen LogP contribution in [0.1, 0.15) is 26.3 Å². The van der Waals surface area contributed by atoms with Gasteiger partial charge in [0.05, 0.1) is 0 Å². The molecule has 1 amide bonds. The summed E-state index contributed by atoms with van der Waals surface area (Å²) in [6, 6.07) is 17.3. The predicted octanol–water partition coefficient (Wildman–Crippen LogP) is 5.16. The summed E-state index contributed by atoms with van der Waals surface area (Å²) in [6.07, 6.45) is 1.22. The number of aromatic nitrogens is 1. The molecule has 0 saturated carbocycles. The van der Waals surface area contributed by atoms with E-state index in [0.29, 0.717) is 18.0 Å². The van der Waals surface area contributed by atoms with E-state index < -0.39 is 11.7 Å². The first-order chi connectivity index (χ1) is 12.4. The molecule has 5 heteroatoms. The molecule has 1 aromatic heterocycles. The molecule has 0 saturated heterocycles. The zero-order chi connectivity index (χ0) is 18.6. The summed E-state index contributed by atoms with van der Waals surface area (Å²) in [7, 11) is 0. The summed E-state index contributed by atoms with van der Waals surface area (Å²) in [5, 5.41) is 3.64. The number of benzene rings is 2. The molecule has 26 heavy (non-hydrogen) atoms. The molecular formula is C21H22N2O3. The molecule has 0 aliphatic heterocycles. The number of fused-ring (bicyclic) bond motifs is 1. The van der Waals surface area contributed by atoms with Crippen molar-refractivity contribution in [3.63, 3.8) is 0 Å². The highest BCUT2D eigenvalue weighted by molar-refractivity contribution is 5.93. The molecule has 5 nitrogen and oxygen atoms in total. The first-order valence-corrected chi connectivity index (χ1v) is 8.46. The zero-order valence-corrected chi connectivity index (χ0v) is 15.2. The first kappa shape index (κ1) is 17.7. The van der Waals surface area contributed by atoms with Crippen LogP contribution in [0.15, 0.2) is 60.8 Å². The van der Waals surface area contributed by atoms with E-state index in [2.05, 4.69) is 10.3 Å². The third-order valence-electron chi connectivity index (χ3n) is 3.55. The molecule has 0 bridgehead atoms. The zero-order valence-electron chi connectivity index (χ0n) is 15.2. The van der Waals surface area contributed by atoms with Crippen LogP contribution in [0.3, 0.4) is 0 Å². The van der Waals surface area contributed by atoms with Crippen molar-refractivity contribution in [2.24, 2.45) is 0 Å². The highest BCUT2D eigenvalue weighted by Crippen LogP contribution is 2.29. The molecule has 0 spiro atoms. The monoisotopic (exact) mass is 350 g/mol. The number of hydrogen-bond acceptors (Lipinski definition) is 4. The second kappa shape index (κ2) is 7.44. The van der Waals surface area contributed by atoms with Crippen LogP contribution in [-0.2, 0) is 11.3 Å². The molecule has 0 aliphatic rings. The van der Waals surface area contributed by atoms with E-state index >= 15 is 0 Å². The molecule has 134 valence electrons. The number of nitrogens with zero attached hydrogens (tertiary/aromatic N) is 1. The van der Waals surface area contributed by atoms with Crippen LogP contribution in [0.4, 0.5) is 10.5 Å². The highest BCUT2D eigenvalue weighted by atomic mass is 16.6. The summed E-state index contributed by atoms with van der Waals surface area (Å²) in [5.74, 6) is 0.609. The number of carbonyl (C=O) groups excluding carboxylic acids is 1. The number of amides is 1. The van der Waals surface area contributed by atoms with Crippen LogP contribution < -0.4 is 10.1 Å². The van der Waals surface area contributed by atoms with Gasteiger partial charge in [0.1, 0.15) is 23.5 Å². The number of anilines is 1. The molecular weight excluding hydrogens is 328 g/mol. The third kappa shape index (κ3) is 4.72. The van der Waals surface area contributed by atoms with Crippen molar-refractivity contribution >= 4 is 22.7 Å². The van der Waals surface area contributed by atoms with Crippen LogP contribution in [0.2, 0.25) is 0 Å². The van der Waals surface area contributed by atoms with Gasteiger partial charge in [-0.2, -0.15) is 0 Å². The van der Waals surface area contributed by atoms with Crippen LogP contribution in [0.5, 0.6) is 5.75 Å². The van der Waals surface area contributed by atoms with Crippen molar-refractivity contribution in [3.8, 4) is 5.75 Å². The van der Waals surface area contributed by atoms with Gasteiger partial charge < -0.3 is 9.47 Å². The smallest absolute Gasteiger partial charge is 0.412 e. The number of ether oxygens (including phenoxy) is 2. The second-order valence-electron chi connectivity index (χ2n) is 6.95. The Morgan fingerprint density at radius 3 is 2.58 bits per heavy atom. The minimum Gasteiger partial charge on any atom is -0.487 e. The van der Waals surface area contributed by atoms with Gasteiger partial charge in [0.25, 0.3) is 0 Å². The lowest BCUT2D eigenvalue weighted by Gasteiger charge is -2.20. The molecule has 0 atom stereocenters. The SMILES string of the molecule is CC(C)(C)OC(=O)Nc1cc(OCc2ccccc2)c2ncccc2c1. The maximum Gasteiger partial charge on any atom is 0.412 e. The molecule has 0 aliphatic carbocycles. The van der Waals surface area contributed by atoms with Gasteiger partial charge in [0, 0.05) is 23.3 Å². The fraction of sp³-hybridized carbons (Fsp3) is 0.238. The van der Waals surface area contributed by atoms with E-state index in [-0.39, 0.29) is 0 Å². The Kier molecular flexibility index (Phi) is 5.07. The molecule has 3 rings (SSSR count). The van der Waals surface area contributed by atoms with Gasteiger partial charge in [-0.1, -0.05) is 36.4 Å². The number of nitrogens with one attached hydrogen (secondary N) is 1. The van der Waals surface area contributed by atoms with Crippen molar-refractivity contribution in [3.05, 3.63) is 66.4 Å². The average molecular weight is 350 g/mol. The minimum atomic E-state index is -0.560. The van der Waals surface area contributed by atoms with Crippen LogP contribution in [0.25, 0.3) is 10.9 Å². The van der Waals surface area contributed by atoms with Crippen LogP contribution in [0, 0.1) is 0 Å². The van der Waals surface area contributed by atoms with Crippen molar-refractivity contribution in [1.82, 2.24) is 4.98 Å². The van der Waals surface area contributed by atoms with E-state index in [9.17, 15) is 4.79 Å². The average Bonchev–Trinajstić information content (AvgIpc) is 2.59. The Morgan fingerprint density at radius 2 is 1.85 bits per heavy atom. The summed E-state index contributed by atoms with van der Waals surface area (Å²) < 4.78 is 11.3. The Bertz CT molecular complexity index is 902. The lowest BCUT2D eigenvalue weighted by molar-refractivity contribution is 0.0636. The van der Waals surface area contributed by atoms with E-state index in [1.165, 1.54) is 0 Å². The summed E-state index contributed by atoms with van der Waals surface area (Å²) >= 11 is 0. The lowest BCUT2D eigenvalue weighted by Crippen LogP contribution is -2.27. The first-order valence-electron chi connectivity index (χ1n) is 8.46. The normalized spacial score (nSPS) is 11.2. The third-order valence-corrected chi connectivity index (χ3v) is 3.55. The largest absolute Gasteiger partial charge is 0.487 e. The van der Waals surface area contributed by atoms with Gasteiger partial charge in [-0.15, -0.1) is 0 Å². The summed E-state index contributed by atoms with van der Waals surface area (Å²) in [6.45, 7) is 5.89. The molecule has 2 aromatic carbocycles. The highest BCUT2D eigenvalue weighted by Gasteiger charge is 2.17. The maximum absolute atomic E-state index is 12.1. The Balaban J connectivity index is 1.85. The maximum atomic E-state index is 12.1. The predicted molar refractivity (Wildman–Crippen MR) is 102 cm³/mol. The van der Waals surface area contributed by atoms with Crippen molar-refractivity contribution in [2.45, 2.75) is 33.0 Å². The molecule has 3 aromatic rings. The molecule has 1 heterocycles. The van der Waals surface area contributed by atoms with E-state index in [0.717, 1.165) is 16.5 Å². The Hall–Kier alpha value is -3.08. The Labute approximate surface area is 153 Å². The van der Waals surface area contributed by atoms with Gasteiger partial charge in [-0.3, -0.25) is 10.3 Å². The molecule has 0 radical (unpaired) electrons. The fourth-order valence-electron chi connectivity index (χ4n) is 2.50. The van der Waals surface area contributed by atoms with Crippen molar-refractivity contribution in [1.29, 1.82) is 0 Å². The van der Waals surface area contributed by atoms with Gasteiger partial charge in [-0.05, 0) is 38.5 Å². The summed E-state index contributed by atoms with van der Waals surface area (Å²) in [4.78, 5) is 16.5. The number of pyridine rings is 1. The second-order valence-corrected chi connectivity index (χ2v) is 6.95. The Morgan fingerprint density at radius 1 is 1.08 bits per heavy atom. The van der Waals surface area contributed by atoms with Gasteiger partial charge in [0.2, 0.25) is 0 Å². The number of rotatable bonds is 4. The fourth-order valence-corrected chi connectivity index (χ4v) is 2.50.